The fourth-order valence-electron chi connectivity index (χ4n) is 2.86. The van der Waals surface area contributed by atoms with Crippen LogP contribution in [0.25, 0.3) is 11.2 Å². The standard InChI is InChI=1S/C15H14ClFN6/c16-11-5-10(1-2-12(11)17)23-4-3-9(6-23)22-15-13-14(19-7-18-13)20-8-21-15/h1-2,5,7-9H,3-4,6H2,(H2,18,19,20,21,22). The predicted molar refractivity (Wildman–Crippen MR) is 87.3 cm³/mol. The summed E-state index contributed by atoms with van der Waals surface area (Å²) in [6.45, 7) is 1.67. The number of anilines is 2. The van der Waals surface area contributed by atoms with Gasteiger partial charge in [-0.05, 0) is 24.6 Å². The summed E-state index contributed by atoms with van der Waals surface area (Å²) in [4.78, 5) is 17.7. The molecule has 6 nitrogen and oxygen atoms in total. The number of hydrogen-bond acceptors (Lipinski definition) is 5. The first-order chi connectivity index (χ1) is 11.2. The van der Waals surface area contributed by atoms with E-state index in [0.29, 0.717) is 5.65 Å². The van der Waals surface area contributed by atoms with Crippen LogP contribution in [0.2, 0.25) is 5.02 Å². The van der Waals surface area contributed by atoms with Crippen molar-refractivity contribution in [2.45, 2.75) is 12.5 Å². The lowest BCUT2D eigenvalue weighted by Gasteiger charge is -2.19. The number of aromatic nitrogens is 4. The van der Waals surface area contributed by atoms with Crippen LogP contribution < -0.4 is 10.2 Å². The van der Waals surface area contributed by atoms with Crippen LogP contribution >= 0.6 is 11.6 Å². The maximum Gasteiger partial charge on any atom is 0.182 e. The van der Waals surface area contributed by atoms with Gasteiger partial charge in [0.25, 0.3) is 0 Å². The number of hydrogen-bond donors (Lipinski definition) is 2. The van der Waals surface area contributed by atoms with Crippen molar-refractivity contribution in [2.75, 3.05) is 23.3 Å². The summed E-state index contributed by atoms with van der Waals surface area (Å²) in [6, 6.07) is 5.05. The summed E-state index contributed by atoms with van der Waals surface area (Å²) in [7, 11) is 0. The molecule has 0 radical (unpaired) electrons. The molecule has 1 aliphatic rings. The van der Waals surface area contributed by atoms with E-state index in [-0.39, 0.29) is 11.1 Å². The Balaban J connectivity index is 1.50. The van der Waals surface area contributed by atoms with Gasteiger partial charge in [-0.2, -0.15) is 0 Å². The van der Waals surface area contributed by atoms with Gasteiger partial charge >= 0.3 is 0 Å². The normalized spacial score (nSPS) is 17.8. The Labute approximate surface area is 136 Å². The second-order valence-corrected chi connectivity index (χ2v) is 5.90. The molecule has 8 heteroatoms. The topological polar surface area (TPSA) is 69.7 Å². The van der Waals surface area contributed by atoms with Crippen LogP contribution in [0.4, 0.5) is 15.9 Å². The van der Waals surface area contributed by atoms with E-state index in [1.54, 1.807) is 18.5 Å². The van der Waals surface area contributed by atoms with Crippen molar-refractivity contribution in [2.24, 2.45) is 0 Å². The molecule has 1 atom stereocenters. The number of fused-ring (bicyclic) bond motifs is 1. The number of H-pyrrole nitrogens is 1. The van der Waals surface area contributed by atoms with Crippen LogP contribution in [0.3, 0.4) is 0 Å². The van der Waals surface area contributed by atoms with Gasteiger partial charge in [-0.15, -0.1) is 0 Å². The van der Waals surface area contributed by atoms with Crippen LogP contribution in [0.5, 0.6) is 0 Å². The number of halogens is 2. The molecule has 0 bridgehead atoms. The Morgan fingerprint density at radius 1 is 1.30 bits per heavy atom. The molecule has 4 rings (SSSR count). The summed E-state index contributed by atoms with van der Waals surface area (Å²) in [5, 5.41) is 3.57. The molecule has 1 unspecified atom stereocenters. The molecule has 23 heavy (non-hydrogen) atoms. The number of nitrogens with one attached hydrogen (secondary N) is 2. The average Bonchev–Trinajstić information content (AvgIpc) is 3.19. The van der Waals surface area contributed by atoms with Crippen molar-refractivity contribution in [3.63, 3.8) is 0 Å². The zero-order valence-electron chi connectivity index (χ0n) is 12.1. The van der Waals surface area contributed by atoms with Crippen molar-refractivity contribution < 1.29 is 4.39 Å². The van der Waals surface area contributed by atoms with Gasteiger partial charge in [-0.25, -0.2) is 19.3 Å². The van der Waals surface area contributed by atoms with E-state index in [2.05, 4.69) is 30.2 Å². The largest absolute Gasteiger partial charge is 0.369 e. The van der Waals surface area contributed by atoms with Crippen molar-refractivity contribution in [1.82, 2.24) is 19.9 Å². The average molecular weight is 333 g/mol. The highest BCUT2D eigenvalue weighted by atomic mass is 35.5. The summed E-state index contributed by atoms with van der Waals surface area (Å²) in [6.07, 6.45) is 4.05. The summed E-state index contributed by atoms with van der Waals surface area (Å²) >= 11 is 5.87. The number of aromatic amines is 1. The van der Waals surface area contributed by atoms with Crippen molar-refractivity contribution in [3.05, 3.63) is 41.7 Å². The Bertz CT molecular complexity index is 851. The molecule has 0 spiro atoms. The highest BCUT2D eigenvalue weighted by Crippen LogP contribution is 2.27. The molecule has 1 fully saturated rings. The zero-order chi connectivity index (χ0) is 15.8. The lowest BCUT2D eigenvalue weighted by Crippen LogP contribution is -2.26. The zero-order valence-corrected chi connectivity index (χ0v) is 12.9. The monoisotopic (exact) mass is 332 g/mol. The molecule has 118 valence electrons. The molecule has 0 saturated carbocycles. The van der Waals surface area contributed by atoms with Crippen LogP contribution in [0.1, 0.15) is 6.42 Å². The smallest absolute Gasteiger partial charge is 0.182 e. The lowest BCUT2D eigenvalue weighted by molar-refractivity contribution is 0.628. The number of benzene rings is 1. The molecule has 2 aromatic heterocycles. The van der Waals surface area contributed by atoms with Crippen LogP contribution in [-0.2, 0) is 0 Å². The third-order valence-electron chi connectivity index (χ3n) is 4.02. The number of nitrogens with zero attached hydrogens (tertiary/aromatic N) is 4. The van der Waals surface area contributed by atoms with Gasteiger partial charge in [-0.1, -0.05) is 11.6 Å². The first kappa shape index (κ1) is 14.2. The van der Waals surface area contributed by atoms with E-state index in [0.717, 1.165) is 36.5 Å². The highest BCUT2D eigenvalue weighted by Gasteiger charge is 2.24. The van der Waals surface area contributed by atoms with Gasteiger partial charge in [-0.3, -0.25) is 0 Å². The Hall–Kier alpha value is -2.41. The second-order valence-electron chi connectivity index (χ2n) is 5.50. The predicted octanol–water partition coefficient (Wildman–Crippen LogP) is 2.84. The molecule has 0 aliphatic carbocycles. The lowest BCUT2D eigenvalue weighted by atomic mass is 10.2. The molecule has 1 aliphatic heterocycles. The first-order valence-corrected chi connectivity index (χ1v) is 7.69. The molecular formula is C15H14ClFN6. The third kappa shape index (κ3) is 2.68. The van der Waals surface area contributed by atoms with E-state index in [1.807, 2.05) is 0 Å². The molecule has 1 aromatic carbocycles. The Kier molecular flexibility index (Phi) is 3.49. The number of imidazole rings is 1. The van der Waals surface area contributed by atoms with E-state index < -0.39 is 5.82 Å². The van der Waals surface area contributed by atoms with Gasteiger partial charge in [0.2, 0.25) is 0 Å². The SMILES string of the molecule is Fc1ccc(N2CCC(Nc3ncnc4nc[nH]c34)C2)cc1Cl. The van der Waals surface area contributed by atoms with Gasteiger partial charge in [0.05, 0.1) is 11.3 Å². The van der Waals surface area contributed by atoms with Gasteiger partial charge < -0.3 is 15.2 Å². The van der Waals surface area contributed by atoms with Crippen LogP contribution in [-0.4, -0.2) is 39.1 Å². The Morgan fingerprint density at radius 2 is 2.22 bits per heavy atom. The van der Waals surface area contributed by atoms with Gasteiger partial charge in [0.1, 0.15) is 17.7 Å². The third-order valence-corrected chi connectivity index (χ3v) is 4.31. The van der Waals surface area contributed by atoms with Gasteiger partial charge in [0, 0.05) is 24.8 Å². The maximum atomic E-state index is 13.3. The Morgan fingerprint density at radius 3 is 3.09 bits per heavy atom. The second kappa shape index (κ2) is 5.66. The molecule has 1 saturated heterocycles. The van der Waals surface area contributed by atoms with Gasteiger partial charge in [0.15, 0.2) is 11.5 Å². The summed E-state index contributed by atoms with van der Waals surface area (Å²) < 4.78 is 13.3. The first-order valence-electron chi connectivity index (χ1n) is 7.31. The van der Waals surface area contributed by atoms with Crippen molar-refractivity contribution >= 4 is 34.3 Å². The fraction of sp³-hybridized carbons (Fsp3) is 0.267. The molecule has 3 heterocycles. The highest BCUT2D eigenvalue weighted by molar-refractivity contribution is 6.31. The minimum atomic E-state index is -0.396. The molecule has 0 amide bonds. The van der Waals surface area contributed by atoms with Crippen molar-refractivity contribution in [1.29, 1.82) is 0 Å². The maximum absolute atomic E-state index is 13.3. The number of rotatable bonds is 3. The minimum absolute atomic E-state index is 0.147. The summed E-state index contributed by atoms with van der Waals surface area (Å²) in [5.41, 5.74) is 2.37. The van der Waals surface area contributed by atoms with Crippen LogP contribution in [0, 0.1) is 5.82 Å². The molecule has 3 aromatic rings. The van der Waals surface area contributed by atoms with Crippen molar-refractivity contribution in [3.8, 4) is 0 Å². The van der Waals surface area contributed by atoms with E-state index in [1.165, 1.54) is 12.4 Å². The molecular weight excluding hydrogens is 319 g/mol. The fourth-order valence-corrected chi connectivity index (χ4v) is 3.04. The quantitative estimate of drug-likeness (QED) is 0.772. The minimum Gasteiger partial charge on any atom is -0.369 e. The van der Waals surface area contributed by atoms with E-state index in [9.17, 15) is 4.39 Å². The van der Waals surface area contributed by atoms with Crippen LogP contribution in [0.15, 0.2) is 30.9 Å². The van der Waals surface area contributed by atoms with E-state index >= 15 is 0 Å². The summed E-state index contributed by atoms with van der Waals surface area (Å²) in [5.74, 6) is 0.350. The van der Waals surface area contributed by atoms with E-state index in [4.69, 9.17) is 11.6 Å². The molecule has 2 N–H and O–H groups in total.